The van der Waals surface area contributed by atoms with Crippen LogP contribution in [0.2, 0.25) is 0 Å². The molecule has 0 aromatic carbocycles. The molecule has 0 aromatic heterocycles. The molecule has 1 heterocycles. The average Bonchev–Trinajstić information content (AvgIpc) is 2.48. The van der Waals surface area contributed by atoms with Gasteiger partial charge in [-0.1, -0.05) is 12.2 Å². The predicted octanol–water partition coefficient (Wildman–Crippen LogP) is 0.540. The molecule has 13 heavy (non-hydrogen) atoms. The lowest BCUT2D eigenvalue weighted by Crippen LogP contribution is -2.41. The number of rotatable bonds is 4. The number of ether oxygens (including phenoxy) is 1. The molecule has 0 aliphatic carbocycles. The van der Waals surface area contributed by atoms with Crippen LogP contribution in [-0.4, -0.2) is 41.4 Å². The van der Waals surface area contributed by atoms with Gasteiger partial charge in [0.2, 0.25) is 0 Å². The number of hydrogen-bond acceptors (Lipinski definition) is 3. The van der Waals surface area contributed by atoms with Crippen molar-refractivity contribution in [2.24, 2.45) is 0 Å². The lowest BCUT2D eigenvalue weighted by Gasteiger charge is -2.22. The van der Waals surface area contributed by atoms with Crippen molar-refractivity contribution in [2.75, 3.05) is 13.2 Å². The molecule has 1 aliphatic heterocycles. The summed E-state index contributed by atoms with van der Waals surface area (Å²) in [7, 11) is 0. The smallest absolute Gasteiger partial charge is 0.410 e. The topological polar surface area (TPSA) is 49.8 Å². The number of nitrogens with zero attached hydrogens (tertiary/aromatic N) is 1. The summed E-state index contributed by atoms with van der Waals surface area (Å²) in [4.78, 5) is 12.5. The van der Waals surface area contributed by atoms with Gasteiger partial charge in [-0.2, -0.15) is 0 Å². The first kappa shape index (κ1) is 9.80. The van der Waals surface area contributed by atoms with Gasteiger partial charge in [0.1, 0.15) is 6.61 Å². The van der Waals surface area contributed by atoms with E-state index in [1.807, 2.05) is 0 Å². The standard InChI is InChI=1S/C9H13NO3/c1-3-5-10-7(8(11)4-2)6-13-9(10)12/h3-4,7-8,11H,1-2,5-6H2/t7-,8?/m1/s1. The number of carbonyl (C=O) groups excluding carboxylic acids is 1. The summed E-state index contributed by atoms with van der Waals surface area (Å²) < 4.78 is 4.79. The summed E-state index contributed by atoms with van der Waals surface area (Å²) in [6.07, 6.45) is 1.83. The maximum absolute atomic E-state index is 11.1. The monoisotopic (exact) mass is 183 g/mol. The zero-order chi connectivity index (χ0) is 9.84. The Morgan fingerprint density at radius 2 is 2.46 bits per heavy atom. The normalized spacial score (nSPS) is 23.9. The molecule has 0 bridgehead atoms. The van der Waals surface area contributed by atoms with Crippen molar-refractivity contribution in [3.8, 4) is 0 Å². The van der Waals surface area contributed by atoms with E-state index in [1.165, 1.54) is 11.0 Å². The molecule has 72 valence electrons. The van der Waals surface area contributed by atoms with Crippen LogP contribution in [0.1, 0.15) is 0 Å². The van der Waals surface area contributed by atoms with Crippen molar-refractivity contribution in [1.29, 1.82) is 0 Å². The lowest BCUT2D eigenvalue weighted by atomic mass is 10.1. The van der Waals surface area contributed by atoms with E-state index in [-0.39, 0.29) is 12.6 Å². The van der Waals surface area contributed by atoms with Gasteiger partial charge in [0, 0.05) is 6.54 Å². The Bertz CT molecular complexity index is 227. The van der Waals surface area contributed by atoms with Gasteiger partial charge in [0.15, 0.2) is 0 Å². The predicted molar refractivity (Wildman–Crippen MR) is 48.2 cm³/mol. The van der Waals surface area contributed by atoms with Crippen LogP contribution in [0.15, 0.2) is 25.3 Å². The van der Waals surface area contributed by atoms with Crippen molar-refractivity contribution in [2.45, 2.75) is 12.1 Å². The molecule has 4 nitrogen and oxygen atoms in total. The van der Waals surface area contributed by atoms with Crippen LogP contribution in [-0.2, 0) is 4.74 Å². The van der Waals surface area contributed by atoms with Gasteiger partial charge in [0.25, 0.3) is 0 Å². The highest BCUT2D eigenvalue weighted by atomic mass is 16.6. The SMILES string of the molecule is C=CCN1C(=O)OC[C@@H]1C(O)C=C. The molecule has 1 amide bonds. The highest BCUT2D eigenvalue weighted by Gasteiger charge is 2.35. The molecule has 0 spiro atoms. The molecule has 1 saturated heterocycles. The molecule has 0 radical (unpaired) electrons. The molecule has 0 aromatic rings. The van der Waals surface area contributed by atoms with Crippen LogP contribution in [0.25, 0.3) is 0 Å². The summed E-state index contributed by atoms with van der Waals surface area (Å²) >= 11 is 0. The Morgan fingerprint density at radius 1 is 1.77 bits per heavy atom. The van der Waals surface area contributed by atoms with Crippen molar-refractivity contribution in [3.63, 3.8) is 0 Å². The number of aliphatic hydroxyl groups is 1. The molecule has 2 atom stereocenters. The first-order valence-corrected chi connectivity index (χ1v) is 4.05. The number of cyclic esters (lactones) is 1. The van der Waals surface area contributed by atoms with E-state index < -0.39 is 12.2 Å². The van der Waals surface area contributed by atoms with E-state index in [0.717, 1.165) is 0 Å². The van der Waals surface area contributed by atoms with E-state index in [0.29, 0.717) is 6.54 Å². The van der Waals surface area contributed by atoms with Crippen LogP contribution < -0.4 is 0 Å². The fourth-order valence-corrected chi connectivity index (χ4v) is 1.25. The fraction of sp³-hybridized carbons (Fsp3) is 0.444. The van der Waals surface area contributed by atoms with Crippen molar-refractivity contribution < 1.29 is 14.6 Å². The molecule has 1 aliphatic rings. The van der Waals surface area contributed by atoms with Crippen LogP contribution in [0.4, 0.5) is 4.79 Å². The summed E-state index contributed by atoms with van der Waals surface area (Å²) in [5, 5.41) is 9.45. The maximum Gasteiger partial charge on any atom is 0.410 e. The summed E-state index contributed by atoms with van der Waals surface area (Å²) in [5.41, 5.74) is 0. The van der Waals surface area contributed by atoms with E-state index in [4.69, 9.17) is 4.74 Å². The van der Waals surface area contributed by atoms with Crippen molar-refractivity contribution in [1.82, 2.24) is 4.90 Å². The number of carbonyl (C=O) groups is 1. The zero-order valence-electron chi connectivity index (χ0n) is 7.35. The molecule has 1 unspecified atom stereocenters. The molecule has 0 saturated carbocycles. The van der Waals surface area contributed by atoms with Crippen LogP contribution in [0.5, 0.6) is 0 Å². The van der Waals surface area contributed by atoms with Gasteiger partial charge in [-0.05, 0) is 0 Å². The number of amides is 1. The third-order valence-electron chi connectivity index (χ3n) is 1.97. The minimum absolute atomic E-state index is 0.208. The quantitative estimate of drug-likeness (QED) is 0.647. The Balaban J connectivity index is 2.68. The summed E-state index contributed by atoms with van der Waals surface area (Å²) in [6, 6.07) is -0.331. The van der Waals surface area contributed by atoms with Gasteiger partial charge >= 0.3 is 6.09 Å². The molecule has 1 fully saturated rings. The second kappa shape index (κ2) is 4.09. The molecular weight excluding hydrogens is 170 g/mol. The highest BCUT2D eigenvalue weighted by Crippen LogP contribution is 2.15. The molecule has 1 N–H and O–H groups in total. The van der Waals surface area contributed by atoms with Crippen LogP contribution >= 0.6 is 0 Å². The number of hydrogen-bond donors (Lipinski definition) is 1. The first-order chi connectivity index (χ1) is 6.20. The first-order valence-electron chi connectivity index (χ1n) is 4.05. The van der Waals surface area contributed by atoms with Gasteiger partial charge in [0.05, 0.1) is 12.1 Å². The van der Waals surface area contributed by atoms with Crippen molar-refractivity contribution >= 4 is 6.09 Å². The van der Waals surface area contributed by atoms with Crippen LogP contribution in [0.3, 0.4) is 0 Å². The van der Waals surface area contributed by atoms with Gasteiger partial charge < -0.3 is 9.84 Å². The summed E-state index contributed by atoms with van der Waals surface area (Å²) in [5.74, 6) is 0. The van der Waals surface area contributed by atoms with Gasteiger partial charge in [-0.25, -0.2) is 4.79 Å². The highest BCUT2D eigenvalue weighted by molar-refractivity contribution is 5.70. The van der Waals surface area contributed by atoms with E-state index in [9.17, 15) is 9.90 Å². The molecular formula is C9H13NO3. The van der Waals surface area contributed by atoms with Crippen molar-refractivity contribution in [3.05, 3.63) is 25.3 Å². The fourth-order valence-electron chi connectivity index (χ4n) is 1.25. The second-order valence-electron chi connectivity index (χ2n) is 2.81. The average molecular weight is 183 g/mol. The molecule has 4 heteroatoms. The largest absolute Gasteiger partial charge is 0.447 e. The van der Waals surface area contributed by atoms with E-state index >= 15 is 0 Å². The second-order valence-corrected chi connectivity index (χ2v) is 2.81. The minimum atomic E-state index is -0.744. The third-order valence-corrected chi connectivity index (χ3v) is 1.97. The van der Waals surface area contributed by atoms with E-state index in [2.05, 4.69) is 13.2 Å². The minimum Gasteiger partial charge on any atom is -0.447 e. The Morgan fingerprint density at radius 3 is 3.00 bits per heavy atom. The summed E-state index contributed by atoms with van der Waals surface area (Å²) in [6.45, 7) is 7.57. The molecule has 1 rings (SSSR count). The Hall–Kier alpha value is -1.29. The van der Waals surface area contributed by atoms with Gasteiger partial charge in [-0.3, -0.25) is 4.90 Å². The number of aliphatic hydroxyl groups excluding tert-OH is 1. The Kier molecular flexibility index (Phi) is 3.08. The third kappa shape index (κ3) is 1.89. The Labute approximate surface area is 77.1 Å². The lowest BCUT2D eigenvalue weighted by molar-refractivity contribution is 0.127. The van der Waals surface area contributed by atoms with Gasteiger partial charge in [-0.15, -0.1) is 13.2 Å². The maximum atomic E-state index is 11.1. The van der Waals surface area contributed by atoms with Crippen LogP contribution in [0, 0.1) is 0 Å². The van der Waals surface area contributed by atoms with E-state index in [1.54, 1.807) is 6.08 Å². The zero-order valence-corrected chi connectivity index (χ0v) is 7.35.